The fourth-order valence-corrected chi connectivity index (χ4v) is 3.13. The lowest BCUT2D eigenvalue weighted by atomic mass is 10.1. The van der Waals surface area contributed by atoms with Crippen molar-refractivity contribution >= 4 is 5.91 Å². The molecule has 4 nitrogen and oxygen atoms in total. The molecule has 0 aliphatic carbocycles. The summed E-state index contributed by atoms with van der Waals surface area (Å²) < 4.78 is 5.51. The Morgan fingerprint density at radius 2 is 2.13 bits per heavy atom. The van der Waals surface area contributed by atoms with Crippen molar-refractivity contribution in [1.29, 1.82) is 0 Å². The van der Waals surface area contributed by atoms with Gasteiger partial charge in [0.15, 0.2) is 5.76 Å². The lowest BCUT2D eigenvalue weighted by molar-refractivity contribution is -0.132. The van der Waals surface area contributed by atoms with Crippen LogP contribution in [0.15, 0.2) is 40.9 Å². The van der Waals surface area contributed by atoms with Gasteiger partial charge in [-0.2, -0.15) is 0 Å². The van der Waals surface area contributed by atoms with Gasteiger partial charge < -0.3 is 9.42 Å². The maximum Gasteiger partial charge on any atom is 0.223 e. The third-order valence-electron chi connectivity index (χ3n) is 4.51. The highest BCUT2D eigenvalue weighted by atomic mass is 16.5. The van der Waals surface area contributed by atoms with Crippen LogP contribution in [0.25, 0.3) is 0 Å². The Hall–Kier alpha value is -2.10. The number of amides is 1. The van der Waals surface area contributed by atoms with E-state index < -0.39 is 0 Å². The van der Waals surface area contributed by atoms with Crippen LogP contribution in [0.3, 0.4) is 0 Å². The molecule has 2 aromatic rings. The normalized spacial score (nSPS) is 17.9. The molecule has 23 heavy (non-hydrogen) atoms. The minimum atomic E-state index is 0.0540. The number of rotatable bonds is 5. The fourth-order valence-electron chi connectivity index (χ4n) is 3.13. The van der Waals surface area contributed by atoms with Crippen molar-refractivity contribution in [3.8, 4) is 0 Å². The van der Waals surface area contributed by atoms with Crippen LogP contribution in [0.1, 0.15) is 62.1 Å². The number of nitrogens with zero attached hydrogens (tertiary/aromatic N) is 2. The van der Waals surface area contributed by atoms with Gasteiger partial charge in [0.05, 0.1) is 11.7 Å². The molecule has 0 radical (unpaired) electrons. The maximum atomic E-state index is 12.6. The zero-order chi connectivity index (χ0) is 16.2. The molecular formula is C19H24N2O2. The molecule has 0 bridgehead atoms. The second-order valence-electron chi connectivity index (χ2n) is 6.54. The summed E-state index contributed by atoms with van der Waals surface area (Å²) in [5.41, 5.74) is 2.17. The van der Waals surface area contributed by atoms with Gasteiger partial charge in [0.2, 0.25) is 5.91 Å². The first-order valence-corrected chi connectivity index (χ1v) is 8.45. The van der Waals surface area contributed by atoms with Crippen LogP contribution in [0.5, 0.6) is 0 Å². The smallest absolute Gasteiger partial charge is 0.223 e. The number of aryl methyl sites for hydroxylation is 1. The zero-order valence-electron chi connectivity index (χ0n) is 13.9. The van der Waals surface area contributed by atoms with E-state index in [1.54, 1.807) is 0 Å². The Balaban J connectivity index is 1.64. The van der Waals surface area contributed by atoms with Gasteiger partial charge in [0.25, 0.3) is 0 Å². The van der Waals surface area contributed by atoms with Gasteiger partial charge in [0, 0.05) is 19.0 Å². The molecule has 1 aliphatic rings. The monoisotopic (exact) mass is 312 g/mol. The quantitative estimate of drug-likeness (QED) is 0.835. The van der Waals surface area contributed by atoms with Crippen LogP contribution in [0.4, 0.5) is 0 Å². The van der Waals surface area contributed by atoms with Crippen LogP contribution in [-0.2, 0) is 11.2 Å². The van der Waals surface area contributed by atoms with Crippen molar-refractivity contribution in [3.63, 3.8) is 0 Å². The predicted molar refractivity (Wildman–Crippen MR) is 89.0 cm³/mol. The molecule has 1 atom stereocenters. The number of hydrogen-bond donors (Lipinski definition) is 0. The summed E-state index contributed by atoms with van der Waals surface area (Å²) >= 11 is 0. The lowest BCUT2D eigenvalue weighted by Gasteiger charge is -2.22. The second-order valence-corrected chi connectivity index (χ2v) is 6.54. The maximum absolute atomic E-state index is 12.6. The summed E-state index contributed by atoms with van der Waals surface area (Å²) in [6.07, 6.45) is 3.32. The van der Waals surface area contributed by atoms with E-state index in [2.05, 4.69) is 31.1 Å². The average Bonchev–Trinajstić information content (AvgIpc) is 3.22. The molecular weight excluding hydrogens is 288 g/mol. The first-order chi connectivity index (χ1) is 11.1. The standard InChI is InChI=1S/C19H24N2O2/c1-14(2)16-13-18(23-20-16)17-9-6-12-21(17)19(22)11-10-15-7-4-3-5-8-15/h3-5,7-8,13-14,17H,6,9-12H2,1-2H3/t17-/m1/s1. The van der Waals surface area contributed by atoms with Crippen LogP contribution in [0.2, 0.25) is 0 Å². The van der Waals surface area contributed by atoms with Gasteiger partial charge >= 0.3 is 0 Å². The SMILES string of the molecule is CC(C)c1cc([C@H]2CCCN2C(=O)CCc2ccccc2)on1. The Bertz CT molecular complexity index is 648. The molecule has 1 aromatic heterocycles. The first-order valence-electron chi connectivity index (χ1n) is 8.45. The van der Waals surface area contributed by atoms with Crippen molar-refractivity contribution in [2.75, 3.05) is 6.54 Å². The molecule has 0 spiro atoms. The number of likely N-dealkylation sites (tertiary alicyclic amines) is 1. The molecule has 0 unspecified atom stereocenters. The molecule has 122 valence electrons. The van der Waals surface area contributed by atoms with E-state index in [4.69, 9.17) is 4.52 Å². The van der Waals surface area contributed by atoms with E-state index in [-0.39, 0.29) is 11.9 Å². The molecule has 1 fully saturated rings. The second kappa shape index (κ2) is 6.99. The highest BCUT2D eigenvalue weighted by Crippen LogP contribution is 2.33. The van der Waals surface area contributed by atoms with E-state index in [0.717, 1.165) is 37.3 Å². The Morgan fingerprint density at radius 3 is 2.83 bits per heavy atom. The molecule has 1 saturated heterocycles. The average molecular weight is 312 g/mol. The fraction of sp³-hybridized carbons (Fsp3) is 0.474. The minimum absolute atomic E-state index is 0.0540. The molecule has 1 aliphatic heterocycles. The minimum Gasteiger partial charge on any atom is -0.359 e. The van der Waals surface area contributed by atoms with Crippen molar-refractivity contribution in [2.45, 2.75) is 51.5 Å². The number of benzene rings is 1. The van der Waals surface area contributed by atoms with E-state index in [0.29, 0.717) is 12.3 Å². The van der Waals surface area contributed by atoms with E-state index in [1.807, 2.05) is 29.2 Å². The Labute approximate surface area is 137 Å². The summed E-state index contributed by atoms with van der Waals surface area (Å²) in [4.78, 5) is 14.6. The van der Waals surface area contributed by atoms with Crippen molar-refractivity contribution < 1.29 is 9.32 Å². The van der Waals surface area contributed by atoms with Crippen molar-refractivity contribution in [1.82, 2.24) is 10.1 Å². The molecule has 3 rings (SSSR count). The van der Waals surface area contributed by atoms with Gasteiger partial charge in [-0.25, -0.2) is 0 Å². The van der Waals surface area contributed by atoms with E-state index >= 15 is 0 Å². The van der Waals surface area contributed by atoms with Crippen LogP contribution in [0, 0.1) is 0 Å². The number of carbonyl (C=O) groups is 1. The van der Waals surface area contributed by atoms with Gasteiger partial charge in [-0.15, -0.1) is 0 Å². The van der Waals surface area contributed by atoms with Gasteiger partial charge in [-0.1, -0.05) is 49.3 Å². The molecule has 0 saturated carbocycles. The Morgan fingerprint density at radius 1 is 1.35 bits per heavy atom. The van der Waals surface area contributed by atoms with E-state index in [9.17, 15) is 4.79 Å². The van der Waals surface area contributed by atoms with Crippen molar-refractivity contribution in [3.05, 3.63) is 53.4 Å². The predicted octanol–water partition coefficient (Wildman–Crippen LogP) is 4.09. The molecule has 0 N–H and O–H groups in total. The van der Waals surface area contributed by atoms with Crippen LogP contribution < -0.4 is 0 Å². The van der Waals surface area contributed by atoms with Gasteiger partial charge in [0.1, 0.15) is 0 Å². The topological polar surface area (TPSA) is 46.3 Å². The number of hydrogen-bond acceptors (Lipinski definition) is 3. The van der Waals surface area contributed by atoms with Crippen LogP contribution in [-0.4, -0.2) is 22.5 Å². The highest BCUT2D eigenvalue weighted by molar-refractivity contribution is 5.77. The van der Waals surface area contributed by atoms with E-state index in [1.165, 1.54) is 5.56 Å². The number of carbonyl (C=O) groups excluding carboxylic acids is 1. The largest absolute Gasteiger partial charge is 0.359 e. The molecule has 1 aromatic carbocycles. The first kappa shape index (κ1) is 15.8. The van der Waals surface area contributed by atoms with Crippen LogP contribution >= 0.6 is 0 Å². The molecule has 1 amide bonds. The van der Waals surface area contributed by atoms with Gasteiger partial charge in [-0.05, 0) is 30.7 Å². The third-order valence-corrected chi connectivity index (χ3v) is 4.51. The highest BCUT2D eigenvalue weighted by Gasteiger charge is 2.32. The van der Waals surface area contributed by atoms with Gasteiger partial charge in [-0.3, -0.25) is 4.79 Å². The Kier molecular flexibility index (Phi) is 4.79. The number of aromatic nitrogens is 1. The third kappa shape index (κ3) is 3.63. The lowest BCUT2D eigenvalue weighted by Crippen LogP contribution is -2.30. The molecule has 2 heterocycles. The summed E-state index contributed by atoms with van der Waals surface area (Å²) in [6, 6.07) is 12.2. The van der Waals surface area contributed by atoms with Crippen molar-refractivity contribution in [2.24, 2.45) is 0 Å². The molecule has 4 heteroatoms. The summed E-state index contributed by atoms with van der Waals surface area (Å²) in [5, 5.41) is 4.13. The summed E-state index contributed by atoms with van der Waals surface area (Å²) in [5.74, 6) is 1.38. The summed E-state index contributed by atoms with van der Waals surface area (Å²) in [7, 11) is 0. The summed E-state index contributed by atoms with van der Waals surface area (Å²) in [6.45, 7) is 5.01. The zero-order valence-corrected chi connectivity index (χ0v) is 13.9.